The molecular formula is C14H20O3. The Morgan fingerprint density at radius 3 is 2.53 bits per heavy atom. The van der Waals surface area contributed by atoms with Gasteiger partial charge in [0.2, 0.25) is 0 Å². The van der Waals surface area contributed by atoms with E-state index >= 15 is 0 Å². The maximum atomic E-state index is 9.84. The molecule has 1 aromatic rings. The highest BCUT2D eigenvalue weighted by atomic mass is 16.5. The van der Waals surface area contributed by atoms with Gasteiger partial charge in [-0.3, -0.25) is 4.79 Å². The molecule has 0 saturated heterocycles. The van der Waals surface area contributed by atoms with E-state index in [9.17, 15) is 4.79 Å². The van der Waals surface area contributed by atoms with Gasteiger partial charge in [-0.15, -0.1) is 0 Å². The second kappa shape index (κ2) is 9.85. The molecule has 0 amide bonds. The summed E-state index contributed by atoms with van der Waals surface area (Å²) in [5.41, 5.74) is 1.40. The highest BCUT2D eigenvalue weighted by Crippen LogP contribution is 2.06. The monoisotopic (exact) mass is 236 g/mol. The van der Waals surface area contributed by atoms with Gasteiger partial charge in [0.15, 0.2) is 0 Å². The largest absolute Gasteiger partial charge is 0.465 e. The summed E-state index contributed by atoms with van der Waals surface area (Å²) in [5, 5.41) is 0. The Labute approximate surface area is 103 Å². The number of carbonyl (C=O) groups excluding carboxylic acids is 1. The zero-order valence-electron chi connectivity index (χ0n) is 10.1. The number of hydrogen-bond acceptors (Lipinski definition) is 3. The van der Waals surface area contributed by atoms with Crippen molar-refractivity contribution in [2.45, 2.75) is 25.7 Å². The van der Waals surface area contributed by atoms with E-state index in [-0.39, 0.29) is 0 Å². The van der Waals surface area contributed by atoms with Crippen molar-refractivity contribution in [3.05, 3.63) is 35.9 Å². The molecule has 0 radical (unpaired) electrons. The molecule has 17 heavy (non-hydrogen) atoms. The van der Waals surface area contributed by atoms with Crippen LogP contribution in [0, 0.1) is 0 Å². The number of carbonyl (C=O) groups is 1. The van der Waals surface area contributed by atoms with Crippen LogP contribution in [-0.4, -0.2) is 26.3 Å². The third kappa shape index (κ3) is 7.53. The summed E-state index contributed by atoms with van der Waals surface area (Å²) in [6.45, 7) is 2.05. The normalized spacial score (nSPS) is 10.1. The summed E-state index contributed by atoms with van der Waals surface area (Å²) in [5.74, 6) is 0. The van der Waals surface area contributed by atoms with E-state index in [1.807, 2.05) is 6.07 Å². The molecule has 0 N–H and O–H groups in total. The first-order valence-electron chi connectivity index (χ1n) is 6.10. The Morgan fingerprint density at radius 1 is 0.941 bits per heavy atom. The molecular weight excluding hydrogens is 216 g/mol. The van der Waals surface area contributed by atoms with Crippen molar-refractivity contribution in [3.8, 4) is 0 Å². The molecule has 0 bridgehead atoms. The molecule has 0 unspecified atom stereocenters. The zero-order chi connectivity index (χ0) is 12.2. The van der Waals surface area contributed by atoms with Gasteiger partial charge in [0, 0.05) is 6.61 Å². The van der Waals surface area contributed by atoms with Crippen LogP contribution in [0.5, 0.6) is 0 Å². The van der Waals surface area contributed by atoms with Crippen molar-refractivity contribution in [3.63, 3.8) is 0 Å². The minimum atomic E-state index is 0.355. The van der Waals surface area contributed by atoms with Crippen LogP contribution in [0.1, 0.15) is 24.8 Å². The number of ether oxygens (including phenoxy) is 2. The SMILES string of the molecule is O=COCCOCCCCCc1ccccc1. The predicted molar refractivity (Wildman–Crippen MR) is 66.8 cm³/mol. The second-order valence-corrected chi connectivity index (χ2v) is 3.88. The first-order valence-corrected chi connectivity index (χ1v) is 6.10. The average molecular weight is 236 g/mol. The smallest absolute Gasteiger partial charge is 0.293 e. The molecule has 0 saturated carbocycles. The van der Waals surface area contributed by atoms with E-state index in [4.69, 9.17) is 4.74 Å². The number of rotatable bonds is 10. The maximum Gasteiger partial charge on any atom is 0.293 e. The molecule has 0 aromatic heterocycles. The summed E-state index contributed by atoms with van der Waals surface area (Å²) in [7, 11) is 0. The lowest BCUT2D eigenvalue weighted by molar-refractivity contribution is -0.130. The van der Waals surface area contributed by atoms with E-state index in [1.54, 1.807) is 0 Å². The van der Waals surface area contributed by atoms with Crippen molar-refractivity contribution >= 4 is 6.47 Å². The Balaban J connectivity index is 1.86. The third-order valence-electron chi connectivity index (χ3n) is 2.51. The van der Waals surface area contributed by atoms with Gasteiger partial charge in [-0.25, -0.2) is 0 Å². The molecule has 0 fully saturated rings. The van der Waals surface area contributed by atoms with Crippen LogP contribution >= 0.6 is 0 Å². The Hall–Kier alpha value is -1.35. The van der Waals surface area contributed by atoms with Gasteiger partial charge in [0.1, 0.15) is 6.61 Å². The molecule has 1 rings (SSSR count). The number of aryl methyl sites for hydroxylation is 1. The van der Waals surface area contributed by atoms with Crippen LogP contribution in [0.4, 0.5) is 0 Å². The van der Waals surface area contributed by atoms with Crippen LogP contribution in [0.15, 0.2) is 30.3 Å². The number of benzene rings is 1. The molecule has 0 aliphatic carbocycles. The highest BCUT2D eigenvalue weighted by molar-refractivity contribution is 5.36. The molecule has 0 heterocycles. The average Bonchev–Trinajstić information content (AvgIpc) is 2.38. The van der Waals surface area contributed by atoms with Crippen LogP contribution < -0.4 is 0 Å². The number of unbranched alkanes of at least 4 members (excludes halogenated alkanes) is 2. The summed E-state index contributed by atoms with van der Waals surface area (Å²) < 4.78 is 9.82. The van der Waals surface area contributed by atoms with Gasteiger partial charge < -0.3 is 9.47 Å². The maximum absolute atomic E-state index is 9.84. The van der Waals surface area contributed by atoms with Crippen molar-refractivity contribution < 1.29 is 14.3 Å². The van der Waals surface area contributed by atoms with E-state index in [2.05, 4.69) is 29.0 Å². The summed E-state index contributed by atoms with van der Waals surface area (Å²) in [6, 6.07) is 10.5. The lowest BCUT2D eigenvalue weighted by Gasteiger charge is -2.03. The first-order chi connectivity index (χ1) is 8.43. The van der Waals surface area contributed by atoms with Gasteiger partial charge in [-0.05, 0) is 24.8 Å². The fraction of sp³-hybridized carbons (Fsp3) is 0.500. The lowest BCUT2D eigenvalue weighted by Crippen LogP contribution is -2.04. The Bertz CT molecular complexity index is 285. The Kier molecular flexibility index (Phi) is 7.94. The fourth-order valence-corrected chi connectivity index (χ4v) is 1.61. The van der Waals surface area contributed by atoms with Crippen molar-refractivity contribution in [1.29, 1.82) is 0 Å². The molecule has 3 heteroatoms. The quantitative estimate of drug-likeness (QED) is 0.462. The third-order valence-corrected chi connectivity index (χ3v) is 2.51. The van der Waals surface area contributed by atoms with E-state index in [0.717, 1.165) is 19.4 Å². The first kappa shape index (κ1) is 13.7. The van der Waals surface area contributed by atoms with E-state index in [1.165, 1.54) is 18.4 Å². The van der Waals surface area contributed by atoms with Crippen LogP contribution in [0.25, 0.3) is 0 Å². The zero-order valence-corrected chi connectivity index (χ0v) is 10.1. The second-order valence-electron chi connectivity index (χ2n) is 3.88. The van der Waals surface area contributed by atoms with Gasteiger partial charge in [0.05, 0.1) is 6.61 Å². The van der Waals surface area contributed by atoms with Crippen molar-refractivity contribution in [2.75, 3.05) is 19.8 Å². The van der Waals surface area contributed by atoms with Crippen molar-refractivity contribution in [2.24, 2.45) is 0 Å². The number of hydrogen-bond donors (Lipinski definition) is 0. The van der Waals surface area contributed by atoms with Crippen molar-refractivity contribution in [1.82, 2.24) is 0 Å². The topological polar surface area (TPSA) is 35.5 Å². The molecule has 0 aliphatic rings. The lowest BCUT2D eigenvalue weighted by atomic mass is 10.1. The summed E-state index contributed by atoms with van der Waals surface area (Å²) in [6.07, 6.45) is 4.56. The summed E-state index contributed by atoms with van der Waals surface area (Å²) in [4.78, 5) is 9.84. The minimum Gasteiger partial charge on any atom is -0.465 e. The van der Waals surface area contributed by atoms with E-state index in [0.29, 0.717) is 19.7 Å². The molecule has 0 spiro atoms. The van der Waals surface area contributed by atoms with Crippen LogP contribution in [0.2, 0.25) is 0 Å². The minimum absolute atomic E-state index is 0.355. The standard InChI is InChI=1S/C14H20O3/c15-13-17-12-11-16-10-6-2-5-9-14-7-3-1-4-8-14/h1,3-4,7-8,13H,2,5-6,9-12H2. The molecule has 1 aromatic carbocycles. The molecule has 3 nitrogen and oxygen atoms in total. The highest BCUT2D eigenvalue weighted by Gasteiger charge is 1.93. The van der Waals surface area contributed by atoms with Crippen LogP contribution in [-0.2, 0) is 20.7 Å². The van der Waals surface area contributed by atoms with E-state index < -0.39 is 0 Å². The predicted octanol–water partition coefficient (Wildman–Crippen LogP) is 2.59. The molecule has 0 aliphatic heterocycles. The van der Waals surface area contributed by atoms with Gasteiger partial charge in [-0.2, -0.15) is 0 Å². The van der Waals surface area contributed by atoms with Gasteiger partial charge in [0.25, 0.3) is 6.47 Å². The fourth-order valence-electron chi connectivity index (χ4n) is 1.61. The van der Waals surface area contributed by atoms with Crippen LogP contribution in [0.3, 0.4) is 0 Å². The molecule has 0 atom stereocenters. The molecule has 94 valence electrons. The summed E-state index contributed by atoms with van der Waals surface area (Å²) >= 11 is 0. The Morgan fingerprint density at radius 2 is 1.76 bits per heavy atom. The van der Waals surface area contributed by atoms with Gasteiger partial charge >= 0.3 is 0 Å². The van der Waals surface area contributed by atoms with Gasteiger partial charge in [-0.1, -0.05) is 36.8 Å².